The van der Waals surface area contributed by atoms with Crippen LogP contribution in [0.1, 0.15) is 5.56 Å². The van der Waals surface area contributed by atoms with E-state index in [0.717, 1.165) is 0 Å². The summed E-state index contributed by atoms with van der Waals surface area (Å²) in [5, 5.41) is 0. The fourth-order valence-corrected chi connectivity index (χ4v) is 0.921. The Labute approximate surface area is 92.1 Å². The van der Waals surface area contributed by atoms with E-state index in [2.05, 4.69) is 4.67 Å². The van der Waals surface area contributed by atoms with Crippen molar-refractivity contribution in [2.75, 3.05) is 0 Å². The zero-order chi connectivity index (χ0) is 13.1. The minimum Gasteiger partial charge on any atom is -0.169 e. The van der Waals surface area contributed by atoms with Crippen LogP contribution < -0.4 is 4.67 Å². The first-order valence-electron chi connectivity index (χ1n) is 4.24. The van der Waals surface area contributed by atoms with Crippen LogP contribution in [-0.2, 0) is 0 Å². The van der Waals surface area contributed by atoms with Gasteiger partial charge < -0.3 is 0 Å². The molecule has 0 saturated heterocycles. The highest BCUT2D eigenvalue weighted by Crippen LogP contribution is 2.28. The first-order chi connectivity index (χ1) is 7.71. The predicted octanol–water partition coefficient (Wildman–Crippen LogP) is 2.62. The number of halogens is 6. The maximum atomic E-state index is 12.0. The molecular weight excluding hydrogens is 248 g/mol. The lowest BCUT2D eigenvalue weighted by Gasteiger charge is -2.06. The second-order valence-electron chi connectivity index (χ2n) is 2.93. The van der Waals surface area contributed by atoms with Gasteiger partial charge in [0.1, 0.15) is 0 Å². The fourth-order valence-electron chi connectivity index (χ4n) is 0.921. The molecule has 0 heterocycles. The predicted molar refractivity (Wildman–Crippen MR) is 49.8 cm³/mol. The van der Waals surface area contributed by atoms with Crippen LogP contribution in [-0.4, -0.2) is 24.3 Å². The van der Waals surface area contributed by atoms with Crippen LogP contribution in [0.2, 0.25) is 0 Å². The van der Waals surface area contributed by atoms with E-state index in [9.17, 15) is 26.3 Å². The van der Waals surface area contributed by atoms with Crippen LogP contribution in [0.15, 0.2) is 30.3 Å². The van der Waals surface area contributed by atoms with E-state index in [4.69, 9.17) is 0 Å². The molecule has 0 bridgehead atoms. The van der Waals surface area contributed by atoms with E-state index in [-0.39, 0.29) is 5.56 Å². The summed E-state index contributed by atoms with van der Waals surface area (Å²) in [5.74, 6) is 0. The van der Waals surface area contributed by atoms with Crippen LogP contribution in [0.3, 0.4) is 0 Å². The molecule has 0 aromatic heterocycles. The summed E-state index contributed by atoms with van der Waals surface area (Å²) in [4.78, 5) is 0. The molecule has 1 rings (SSSR count). The zero-order valence-corrected chi connectivity index (χ0v) is 8.10. The van der Waals surface area contributed by atoms with Gasteiger partial charge in [-0.2, -0.15) is 31.0 Å². The Morgan fingerprint density at radius 3 is 1.76 bits per heavy atom. The third kappa shape index (κ3) is 3.96. The SMILES string of the molecule is FC(F)(F)C(=[N+]=[C-]c1ccccc1)C(F)(F)F. The molecule has 0 aliphatic heterocycles. The van der Waals surface area contributed by atoms with E-state index in [1.807, 2.05) is 0 Å². The van der Waals surface area contributed by atoms with Crippen molar-refractivity contribution in [3.63, 3.8) is 0 Å². The highest BCUT2D eigenvalue weighted by molar-refractivity contribution is 5.97. The van der Waals surface area contributed by atoms with Gasteiger partial charge >= 0.3 is 18.1 Å². The van der Waals surface area contributed by atoms with Gasteiger partial charge in [0.15, 0.2) is 0 Å². The monoisotopic (exact) mass is 253 g/mol. The van der Waals surface area contributed by atoms with Crippen LogP contribution in [0, 0.1) is 0 Å². The average molecular weight is 253 g/mol. The summed E-state index contributed by atoms with van der Waals surface area (Å²) in [6.45, 7) is 0. The molecule has 1 nitrogen and oxygen atoms in total. The molecule has 92 valence electrons. The summed E-state index contributed by atoms with van der Waals surface area (Å²) in [5.41, 5.74) is -2.80. The molecule has 0 saturated carbocycles. The van der Waals surface area contributed by atoms with Gasteiger partial charge in [0.05, 0.1) is 0 Å². The smallest absolute Gasteiger partial charge is 0.169 e. The van der Waals surface area contributed by atoms with Gasteiger partial charge in [0, 0.05) is 0 Å². The minimum atomic E-state index is -5.56. The molecule has 0 atom stereocenters. The second-order valence-corrected chi connectivity index (χ2v) is 2.93. The van der Waals surface area contributed by atoms with Crippen molar-refractivity contribution < 1.29 is 26.3 Å². The lowest BCUT2D eigenvalue weighted by Crippen LogP contribution is -2.39. The minimum absolute atomic E-state index is 0.0264. The molecule has 0 aliphatic carbocycles. The van der Waals surface area contributed by atoms with Crippen molar-refractivity contribution in [3.8, 4) is 0 Å². The number of benzene rings is 1. The van der Waals surface area contributed by atoms with E-state index in [1.54, 1.807) is 12.3 Å². The summed E-state index contributed by atoms with van der Waals surface area (Å²) in [6, 6.07) is 7.02. The largest absolute Gasteiger partial charge is 0.461 e. The summed E-state index contributed by atoms with van der Waals surface area (Å²) in [7, 11) is 0. The van der Waals surface area contributed by atoms with Crippen LogP contribution in [0.25, 0.3) is 0 Å². The molecule has 0 radical (unpaired) electrons. The summed E-state index contributed by atoms with van der Waals surface area (Å²) < 4.78 is 74.5. The molecule has 0 amide bonds. The van der Waals surface area contributed by atoms with E-state index in [0.29, 0.717) is 0 Å². The molecule has 0 N–H and O–H groups in total. The first-order valence-corrected chi connectivity index (χ1v) is 4.24. The Morgan fingerprint density at radius 1 is 0.882 bits per heavy atom. The van der Waals surface area contributed by atoms with Gasteiger partial charge in [-0.15, -0.1) is 24.3 Å². The van der Waals surface area contributed by atoms with E-state index >= 15 is 0 Å². The zero-order valence-electron chi connectivity index (χ0n) is 8.10. The van der Waals surface area contributed by atoms with Gasteiger partial charge in [-0.05, 0) is 0 Å². The Hall–Kier alpha value is -1.75. The van der Waals surface area contributed by atoms with E-state index < -0.39 is 18.1 Å². The lowest BCUT2D eigenvalue weighted by atomic mass is 10.2. The fraction of sp³-hybridized carbons (Fsp3) is 0.200. The molecular formula is C10H5F6N. The number of rotatable bonds is 1. The normalized spacial score (nSPS) is 11.9. The average Bonchev–Trinajstić information content (AvgIpc) is 2.15. The molecule has 1 aromatic rings. The Morgan fingerprint density at radius 2 is 1.35 bits per heavy atom. The molecule has 0 unspecified atom stereocenters. The van der Waals surface area contributed by atoms with Crippen molar-refractivity contribution >= 4 is 11.9 Å². The van der Waals surface area contributed by atoms with Gasteiger partial charge in [-0.1, -0.05) is 11.6 Å². The Kier molecular flexibility index (Phi) is 3.63. The van der Waals surface area contributed by atoms with Crippen molar-refractivity contribution in [2.24, 2.45) is 0 Å². The lowest BCUT2D eigenvalue weighted by molar-refractivity contribution is -0.118. The van der Waals surface area contributed by atoms with Crippen LogP contribution in [0.4, 0.5) is 26.3 Å². The highest BCUT2D eigenvalue weighted by Gasteiger charge is 2.58. The van der Waals surface area contributed by atoms with Gasteiger partial charge in [0.2, 0.25) is 0 Å². The van der Waals surface area contributed by atoms with Gasteiger partial charge in [0.25, 0.3) is 6.21 Å². The van der Waals surface area contributed by atoms with Crippen molar-refractivity contribution in [2.45, 2.75) is 12.4 Å². The highest BCUT2D eigenvalue weighted by atomic mass is 19.4. The van der Waals surface area contributed by atoms with Crippen LogP contribution >= 0.6 is 0 Å². The Bertz CT molecular complexity index is 420. The maximum Gasteiger partial charge on any atom is 0.461 e. The molecule has 0 fully saturated rings. The van der Waals surface area contributed by atoms with E-state index in [1.165, 1.54) is 24.3 Å². The van der Waals surface area contributed by atoms with Crippen molar-refractivity contribution in [3.05, 3.63) is 35.9 Å². The molecule has 0 spiro atoms. The maximum absolute atomic E-state index is 12.0. The van der Waals surface area contributed by atoms with Crippen LogP contribution in [0.5, 0.6) is 0 Å². The van der Waals surface area contributed by atoms with Gasteiger partial charge in [-0.3, -0.25) is 0 Å². The Balaban J connectivity index is 3.21. The second kappa shape index (κ2) is 4.63. The molecule has 0 aliphatic rings. The van der Waals surface area contributed by atoms with Gasteiger partial charge in [-0.25, -0.2) is 0 Å². The number of hydrogen-bond donors (Lipinski definition) is 0. The van der Waals surface area contributed by atoms with Crippen molar-refractivity contribution in [1.82, 2.24) is 4.67 Å². The third-order valence-corrected chi connectivity index (χ3v) is 1.61. The topological polar surface area (TPSA) is 14.1 Å². The third-order valence-electron chi connectivity index (χ3n) is 1.61. The number of alkyl halides is 6. The summed E-state index contributed by atoms with van der Waals surface area (Å²) in [6.07, 6.45) is -9.41. The first kappa shape index (κ1) is 13.3. The summed E-state index contributed by atoms with van der Waals surface area (Å²) >= 11 is 0. The standard InChI is InChI=1S/C10H5F6N/c11-9(12,13)8(10(14,15)16)17-6-7-4-2-1-3-5-7/h1-5H. The number of hydrogen-bond acceptors (Lipinski definition) is 0. The molecule has 7 heteroatoms. The molecule has 1 aromatic carbocycles. The quantitative estimate of drug-likeness (QED) is 0.316. The number of nitrogens with zero attached hydrogens (tertiary/aromatic N) is 1. The molecule has 17 heavy (non-hydrogen) atoms. The van der Waals surface area contributed by atoms with Crippen molar-refractivity contribution in [1.29, 1.82) is 0 Å².